The first-order chi connectivity index (χ1) is 12.1. The van der Waals surface area contributed by atoms with Gasteiger partial charge in [0.05, 0.1) is 16.6 Å². The first-order valence-electron chi connectivity index (χ1n) is 7.62. The second-order valence-electron chi connectivity index (χ2n) is 5.73. The van der Waals surface area contributed by atoms with Crippen LogP contribution in [-0.4, -0.2) is 25.6 Å². The number of nitrogens with one attached hydrogen (secondary N) is 2. The highest BCUT2D eigenvalue weighted by Crippen LogP contribution is 2.25. The molecule has 0 bridgehead atoms. The van der Waals surface area contributed by atoms with Gasteiger partial charge in [0, 0.05) is 23.5 Å². The van der Waals surface area contributed by atoms with Gasteiger partial charge in [-0.3, -0.25) is 14.8 Å². The monoisotopic (exact) mass is 334 g/mol. The number of aromatic amines is 1. The SMILES string of the molecule is Cn1c(-c2nc3cc(C(=O)NO)ccc3c(=O)[nH]2)cc2ccccc21. The molecule has 0 saturated carbocycles. The van der Waals surface area contributed by atoms with Crippen LogP contribution < -0.4 is 11.0 Å². The number of rotatable bonds is 2. The van der Waals surface area contributed by atoms with E-state index in [-0.39, 0.29) is 11.1 Å². The maximum atomic E-state index is 12.4. The molecule has 3 N–H and O–H groups in total. The number of amides is 1. The zero-order valence-electron chi connectivity index (χ0n) is 13.3. The second-order valence-corrected chi connectivity index (χ2v) is 5.73. The van der Waals surface area contributed by atoms with Crippen LogP contribution in [0, 0.1) is 0 Å². The van der Waals surface area contributed by atoms with Gasteiger partial charge in [0.1, 0.15) is 0 Å². The van der Waals surface area contributed by atoms with Crippen molar-refractivity contribution in [1.82, 2.24) is 20.0 Å². The molecule has 2 aromatic heterocycles. The number of aryl methyl sites for hydroxylation is 1. The van der Waals surface area contributed by atoms with Crippen LogP contribution in [0.1, 0.15) is 10.4 Å². The zero-order valence-corrected chi connectivity index (χ0v) is 13.3. The van der Waals surface area contributed by atoms with Gasteiger partial charge < -0.3 is 9.55 Å². The van der Waals surface area contributed by atoms with Crippen molar-refractivity contribution in [2.45, 2.75) is 0 Å². The maximum Gasteiger partial charge on any atom is 0.274 e. The van der Waals surface area contributed by atoms with E-state index in [9.17, 15) is 9.59 Å². The predicted molar refractivity (Wildman–Crippen MR) is 93.5 cm³/mol. The number of hydroxylamine groups is 1. The van der Waals surface area contributed by atoms with E-state index in [1.165, 1.54) is 18.2 Å². The van der Waals surface area contributed by atoms with Crippen molar-refractivity contribution < 1.29 is 10.0 Å². The van der Waals surface area contributed by atoms with Gasteiger partial charge in [0.15, 0.2) is 5.82 Å². The topological polar surface area (TPSA) is 100 Å². The molecule has 0 fully saturated rings. The smallest absolute Gasteiger partial charge is 0.274 e. The Bertz CT molecular complexity index is 1190. The third-order valence-corrected chi connectivity index (χ3v) is 4.26. The molecule has 0 aliphatic rings. The molecule has 4 rings (SSSR count). The molecule has 0 radical (unpaired) electrons. The summed E-state index contributed by atoms with van der Waals surface area (Å²) in [6.45, 7) is 0. The van der Waals surface area contributed by atoms with Crippen LogP contribution in [0.2, 0.25) is 0 Å². The lowest BCUT2D eigenvalue weighted by molar-refractivity contribution is 0.0706. The normalized spacial score (nSPS) is 11.1. The second kappa shape index (κ2) is 5.57. The molecule has 2 heterocycles. The fourth-order valence-electron chi connectivity index (χ4n) is 2.98. The average Bonchev–Trinajstić information content (AvgIpc) is 2.97. The molecule has 7 nitrogen and oxygen atoms in total. The Hall–Kier alpha value is -3.45. The highest BCUT2D eigenvalue weighted by molar-refractivity contribution is 5.97. The van der Waals surface area contributed by atoms with Gasteiger partial charge in [-0.2, -0.15) is 0 Å². The van der Waals surface area contributed by atoms with E-state index in [0.717, 1.165) is 16.6 Å². The van der Waals surface area contributed by atoms with Crippen molar-refractivity contribution in [2.24, 2.45) is 7.05 Å². The average molecular weight is 334 g/mol. The maximum absolute atomic E-state index is 12.4. The summed E-state index contributed by atoms with van der Waals surface area (Å²) < 4.78 is 1.95. The van der Waals surface area contributed by atoms with Crippen LogP contribution in [0.25, 0.3) is 33.3 Å². The Labute approximate surface area is 141 Å². The summed E-state index contributed by atoms with van der Waals surface area (Å²) in [6.07, 6.45) is 0. The minimum Gasteiger partial charge on any atom is -0.341 e. The summed E-state index contributed by atoms with van der Waals surface area (Å²) in [6, 6.07) is 14.3. The summed E-state index contributed by atoms with van der Waals surface area (Å²) in [5.41, 5.74) is 3.67. The molecular weight excluding hydrogens is 320 g/mol. The largest absolute Gasteiger partial charge is 0.341 e. The van der Waals surface area contributed by atoms with Gasteiger partial charge in [0.2, 0.25) is 0 Å². The molecule has 0 aliphatic heterocycles. The summed E-state index contributed by atoms with van der Waals surface area (Å²) >= 11 is 0. The lowest BCUT2D eigenvalue weighted by atomic mass is 10.1. The van der Waals surface area contributed by atoms with Gasteiger partial charge in [-0.15, -0.1) is 0 Å². The quantitative estimate of drug-likeness (QED) is 0.386. The number of hydrogen-bond acceptors (Lipinski definition) is 4. The van der Waals surface area contributed by atoms with Crippen molar-refractivity contribution in [2.75, 3.05) is 0 Å². The van der Waals surface area contributed by atoms with Crippen LogP contribution in [-0.2, 0) is 7.05 Å². The lowest BCUT2D eigenvalue weighted by Gasteiger charge is -2.06. The number of aromatic nitrogens is 3. The van der Waals surface area contributed by atoms with E-state index in [2.05, 4.69) is 9.97 Å². The molecule has 2 aromatic carbocycles. The number of para-hydroxylation sites is 1. The summed E-state index contributed by atoms with van der Waals surface area (Å²) in [4.78, 5) is 31.3. The number of benzene rings is 2. The molecule has 0 unspecified atom stereocenters. The number of H-pyrrole nitrogens is 1. The number of carbonyl (C=O) groups excluding carboxylic acids is 1. The molecule has 0 aliphatic carbocycles. The first-order valence-corrected chi connectivity index (χ1v) is 7.62. The molecule has 0 saturated heterocycles. The Balaban J connectivity index is 1.96. The summed E-state index contributed by atoms with van der Waals surface area (Å²) in [5.74, 6) is -0.243. The van der Waals surface area contributed by atoms with E-state index >= 15 is 0 Å². The van der Waals surface area contributed by atoms with Crippen molar-refractivity contribution in [1.29, 1.82) is 0 Å². The zero-order chi connectivity index (χ0) is 17.6. The van der Waals surface area contributed by atoms with Gasteiger partial charge >= 0.3 is 0 Å². The van der Waals surface area contributed by atoms with Gasteiger partial charge in [-0.05, 0) is 30.3 Å². The Morgan fingerprint density at radius 2 is 2.00 bits per heavy atom. The summed E-state index contributed by atoms with van der Waals surface area (Å²) in [5, 5.41) is 10.2. The van der Waals surface area contributed by atoms with Crippen LogP contribution in [0.5, 0.6) is 0 Å². The molecule has 25 heavy (non-hydrogen) atoms. The summed E-state index contributed by atoms with van der Waals surface area (Å²) in [7, 11) is 1.90. The van der Waals surface area contributed by atoms with Crippen molar-refractivity contribution in [3.63, 3.8) is 0 Å². The third-order valence-electron chi connectivity index (χ3n) is 4.26. The first kappa shape index (κ1) is 15.1. The van der Waals surface area contributed by atoms with E-state index < -0.39 is 5.91 Å². The Morgan fingerprint density at radius 1 is 1.20 bits per heavy atom. The van der Waals surface area contributed by atoms with Crippen LogP contribution in [0.3, 0.4) is 0 Å². The predicted octanol–water partition coefficient (Wildman–Crippen LogP) is 2.20. The van der Waals surface area contributed by atoms with E-state index in [1.807, 2.05) is 41.9 Å². The van der Waals surface area contributed by atoms with Crippen molar-refractivity contribution in [3.05, 3.63) is 64.4 Å². The van der Waals surface area contributed by atoms with Crippen LogP contribution >= 0.6 is 0 Å². The van der Waals surface area contributed by atoms with Gasteiger partial charge in [-0.1, -0.05) is 18.2 Å². The molecule has 0 atom stereocenters. The molecule has 4 aromatic rings. The standard InChI is InChI=1S/C18H14N4O3/c1-22-14-5-3-2-4-10(14)9-15(22)16-19-13-8-11(17(23)21-25)6-7-12(13)18(24)20-16/h2-9,25H,1H3,(H,21,23)(H,19,20,24). The third kappa shape index (κ3) is 2.38. The minimum atomic E-state index is -0.657. The minimum absolute atomic E-state index is 0.219. The number of hydrogen-bond donors (Lipinski definition) is 3. The van der Waals surface area contributed by atoms with Crippen LogP contribution in [0.4, 0.5) is 0 Å². The van der Waals surface area contributed by atoms with E-state index in [4.69, 9.17) is 5.21 Å². The van der Waals surface area contributed by atoms with E-state index in [0.29, 0.717) is 16.7 Å². The number of nitrogens with zero attached hydrogens (tertiary/aromatic N) is 2. The molecule has 0 spiro atoms. The van der Waals surface area contributed by atoms with Gasteiger partial charge in [-0.25, -0.2) is 10.5 Å². The number of carbonyl (C=O) groups is 1. The van der Waals surface area contributed by atoms with Crippen LogP contribution in [0.15, 0.2) is 53.3 Å². The van der Waals surface area contributed by atoms with E-state index in [1.54, 1.807) is 5.48 Å². The lowest BCUT2D eigenvalue weighted by Crippen LogP contribution is -2.19. The Kier molecular flexibility index (Phi) is 3.36. The van der Waals surface area contributed by atoms with Crippen molar-refractivity contribution in [3.8, 4) is 11.5 Å². The Morgan fingerprint density at radius 3 is 2.76 bits per heavy atom. The molecular formula is C18H14N4O3. The fraction of sp³-hybridized carbons (Fsp3) is 0.0556. The highest BCUT2D eigenvalue weighted by Gasteiger charge is 2.13. The highest BCUT2D eigenvalue weighted by atomic mass is 16.5. The molecule has 124 valence electrons. The van der Waals surface area contributed by atoms with Gasteiger partial charge in [0.25, 0.3) is 11.5 Å². The van der Waals surface area contributed by atoms with Crippen molar-refractivity contribution >= 4 is 27.7 Å². The molecule has 7 heteroatoms. The number of fused-ring (bicyclic) bond motifs is 2. The fourth-order valence-corrected chi connectivity index (χ4v) is 2.98. The molecule has 1 amide bonds.